The summed E-state index contributed by atoms with van der Waals surface area (Å²) in [5, 5.41) is 3.25. The van der Waals surface area contributed by atoms with Crippen molar-refractivity contribution in [3.8, 4) is 5.75 Å². The van der Waals surface area contributed by atoms with Gasteiger partial charge in [0.05, 0.1) is 21.7 Å². The topological polar surface area (TPSA) is 58.6 Å². The van der Waals surface area contributed by atoms with E-state index in [0.717, 1.165) is 10.9 Å². The lowest BCUT2D eigenvalue weighted by Gasteiger charge is -2.28. The minimum absolute atomic E-state index is 0.0143. The van der Waals surface area contributed by atoms with Crippen molar-refractivity contribution < 1.29 is 14.3 Å². The summed E-state index contributed by atoms with van der Waals surface area (Å²) in [7, 11) is 0. The molecule has 7 heteroatoms. The van der Waals surface area contributed by atoms with Crippen LogP contribution in [0.15, 0.2) is 40.9 Å². The molecule has 1 heterocycles. The van der Waals surface area contributed by atoms with E-state index in [1.165, 1.54) is 0 Å². The van der Waals surface area contributed by atoms with Crippen LogP contribution in [0, 0.1) is 11.3 Å². The minimum atomic E-state index is -0.636. The van der Waals surface area contributed by atoms with Gasteiger partial charge in [-0.05, 0) is 62.6 Å². The molecule has 0 aliphatic carbocycles. The van der Waals surface area contributed by atoms with Crippen molar-refractivity contribution in [3.63, 3.8) is 0 Å². The summed E-state index contributed by atoms with van der Waals surface area (Å²) >= 11 is 9.55. The largest absolute Gasteiger partial charge is 0.490 e. The highest BCUT2D eigenvalue weighted by Gasteiger charge is 2.37. The zero-order chi connectivity index (χ0) is 22.1. The Kier molecular flexibility index (Phi) is 6.78. The number of carbonyl (C=O) groups is 2. The molecule has 0 aromatic heterocycles. The molecule has 2 aromatic rings. The molecule has 0 spiro atoms. The molecule has 0 saturated heterocycles. The quantitative estimate of drug-likeness (QED) is 0.543. The van der Waals surface area contributed by atoms with Crippen molar-refractivity contribution in [2.24, 2.45) is 11.3 Å². The summed E-state index contributed by atoms with van der Waals surface area (Å²) < 4.78 is 6.71. The molecule has 2 aromatic carbocycles. The number of benzene rings is 2. The van der Waals surface area contributed by atoms with Gasteiger partial charge in [0, 0.05) is 16.7 Å². The highest BCUT2D eigenvalue weighted by Crippen LogP contribution is 2.38. The lowest BCUT2D eigenvalue weighted by molar-refractivity contribution is -0.127. The van der Waals surface area contributed by atoms with Gasteiger partial charge in [-0.2, -0.15) is 0 Å². The van der Waals surface area contributed by atoms with E-state index in [2.05, 4.69) is 35.1 Å². The normalized spacial score (nSPS) is 15.4. The van der Waals surface area contributed by atoms with E-state index in [0.29, 0.717) is 46.8 Å². The average molecular weight is 494 g/mol. The number of hydrogen-bond donors (Lipinski definition) is 1. The lowest BCUT2D eigenvalue weighted by Crippen LogP contribution is -2.42. The fourth-order valence-corrected chi connectivity index (χ4v) is 3.77. The molecular formula is C23H26BrClN2O3. The lowest BCUT2D eigenvalue weighted by atomic mass is 9.92. The van der Waals surface area contributed by atoms with Crippen LogP contribution >= 0.6 is 27.5 Å². The van der Waals surface area contributed by atoms with Crippen molar-refractivity contribution in [2.45, 2.75) is 34.1 Å². The number of ether oxygens (including phenoxy) is 1. The zero-order valence-corrected chi connectivity index (χ0v) is 19.9. The first-order valence-electron chi connectivity index (χ1n) is 9.94. The molecular weight excluding hydrogens is 468 g/mol. The number of nitrogens with one attached hydrogen (secondary N) is 1. The molecule has 1 N–H and O–H groups in total. The Balaban J connectivity index is 1.93. The van der Waals surface area contributed by atoms with Gasteiger partial charge in [-0.1, -0.05) is 41.4 Å². The monoisotopic (exact) mass is 492 g/mol. The van der Waals surface area contributed by atoms with Gasteiger partial charge < -0.3 is 15.0 Å². The number of carbonyl (C=O) groups excluding carboxylic acids is 2. The van der Waals surface area contributed by atoms with Crippen molar-refractivity contribution in [1.82, 2.24) is 0 Å². The maximum absolute atomic E-state index is 13.2. The molecule has 160 valence electrons. The van der Waals surface area contributed by atoms with Crippen LogP contribution in [0.4, 0.5) is 11.4 Å². The number of halogens is 2. The Labute approximate surface area is 190 Å². The zero-order valence-electron chi connectivity index (χ0n) is 17.6. The molecule has 0 unspecified atom stereocenters. The van der Waals surface area contributed by atoms with Crippen LogP contribution in [0.3, 0.4) is 0 Å². The van der Waals surface area contributed by atoms with Crippen LogP contribution < -0.4 is 15.0 Å². The van der Waals surface area contributed by atoms with E-state index in [1.807, 2.05) is 13.8 Å². The van der Waals surface area contributed by atoms with Gasteiger partial charge in [-0.3, -0.25) is 9.59 Å². The molecule has 5 nitrogen and oxygen atoms in total. The predicted octanol–water partition coefficient (Wildman–Crippen LogP) is 6.15. The maximum Gasteiger partial charge on any atom is 0.257 e. The first-order chi connectivity index (χ1) is 14.1. The molecule has 3 rings (SSSR count). The first kappa shape index (κ1) is 22.6. The molecule has 1 aliphatic heterocycles. The molecule has 0 radical (unpaired) electrons. The molecule has 30 heavy (non-hydrogen) atoms. The van der Waals surface area contributed by atoms with Crippen LogP contribution in [0.5, 0.6) is 5.75 Å². The van der Waals surface area contributed by atoms with E-state index in [-0.39, 0.29) is 11.8 Å². The minimum Gasteiger partial charge on any atom is -0.490 e. The Hall–Kier alpha value is -2.05. The van der Waals surface area contributed by atoms with Crippen molar-refractivity contribution in [1.29, 1.82) is 0 Å². The third-order valence-corrected chi connectivity index (χ3v) is 5.85. The van der Waals surface area contributed by atoms with E-state index in [4.69, 9.17) is 16.3 Å². The first-order valence-corrected chi connectivity index (χ1v) is 11.1. The maximum atomic E-state index is 13.2. The van der Waals surface area contributed by atoms with Gasteiger partial charge in [0.25, 0.3) is 5.91 Å². The molecule has 2 amide bonds. The molecule has 0 fully saturated rings. The van der Waals surface area contributed by atoms with Gasteiger partial charge in [0.15, 0.2) is 0 Å². The van der Waals surface area contributed by atoms with E-state index >= 15 is 0 Å². The number of amides is 2. The second-order valence-corrected chi connectivity index (χ2v) is 9.90. The highest BCUT2D eigenvalue weighted by molar-refractivity contribution is 9.10. The number of rotatable bonds is 5. The number of nitrogens with zero attached hydrogens (tertiary/aromatic N) is 1. The summed E-state index contributed by atoms with van der Waals surface area (Å²) in [6.07, 6.45) is 0.867. The predicted molar refractivity (Wildman–Crippen MR) is 125 cm³/mol. The molecule has 0 saturated carbocycles. The second kappa shape index (κ2) is 8.98. The fourth-order valence-electron chi connectivity index (χ4n) is 3.20. The summed E-state index contributed by atoms with van der Waals surface area (Å²) in [5.74, 6) is 0.780. The summed E-state index contributed by atoms with van der Waals surface area (Å²) in [6, 6.07) is 10.5. The van der Waals surface area contributed by atoms with E-state index in [9.17, 15) is 9.59 Å². The van der Waals surface area contributed by atoms with E-state index < -0.39 is 5.41 Å². The van der Waals surface area contributed by atoms with Gasteiger partial charge >= 0.3 is 0 Å². The molecule has 0 bridgehead atoms. The Bertz CT molecular complexity index is 975. The molecule has 1 aliphatic rings. The summed E-state index contributed by atoms with van der Waals surface area (Å²) in [5.41, 5.74) is 0.972. The van der Waals surface area contributed by atoms with Crippen LogP contribution in [0.1, 0.15) is 44.5 Å². The van der Waals surface area contributed by atoms with Gasteiger partial charge in [-0.25, -0.2) is 0 Å². The Morgan fingerprint density at radius 2 is 2.00 bits per heavy atom. The third-order valence-electron chi connectivity index (χ3n) is 5.02. The standard InChI is InChI=1S/C23H26BrClN2O3/c1-14(2)9-10-27-19-12-16(6-8-20(19)30-13-23(3,4)22(27)29)26-21(28)17-11-15(24)5-7-18(17)25/h5-8,11-12,14H,9-10,13H2,1-4H3,(H,26,28). The Morgan fingerprint density at radius 3 is 2.70 bits per heavy atom. The smallest absolute Gasteiger partial charge is 0.257 e. The third kappa shape index (κ3) is 4.98. The SMILES string of the molecule is CC(C)CCN1C(=O)C(C)(C)COc2ccc(NC(=O)c3cc(Br)ccc3Cl)cc21. The number of hydrogen-bond acceptors (Lipinski definition) is 3. The van der Waals surface area contributed by atoms with Gasteiger partial charge in [0.1, 0.15) is 12.4 Å². The van der Waals surface area contributed by atoms with Gasteiger partial charge in [-0.15, -0.1) is 0 Å². The second-order valence-electron chi connectivity index (χ2n) is 8.57. The highest BCUT2D eigenvalue weighted by atomic mass is 79.9. The fraction of sp³-hybridized carbons (Fsp3) is 0.391. The molecule has 0 atom stereocenters. The number of fused-ring (bicyclic) bond motifs is 1. The van der Waals surface area contributed by atoms with Crippen molar-refractivity contribution >= 4 is 50.7 Å². The van der Waals surface area contributed by atoms with Gasteiger partial charge in [0.2, 0.25) is 5.91 Å². The summed E-state index contributed by atoms with van der Waals surface area (Å²) in [4.78, 5) is 27.8. The van der Waals surface area contributed by atoms with Crippen molar-refractivity contribution in [2.75, 3.05) is 23.4 Å². The van der Waals surface area contributed by atoms with E-state index in [1.54, 1.807) is 41.3 Å². The summed E-state index contributed by atoms with van der Waals surface area (Å²) in [6.45, 7) is 8.93. The van der Waals surface area contributed by atoms with Crippen LogP contribution in [0.2, 0.25) is 5.02 Å². The average Bonchev–Trinajstić information content (AvgIpc) is 2.77. The van der Waals surface area contributed by atoms with Crippen LogP contribution in [0.25, 0.3) is 0 Å². The Morgan fingerprint density at radius 1 is 1.27 bits per heavy atom. The van der Waals surface area contributed by atoms with Crippen LogP contribution in [-0.2, 0) is 4.79 Å². The van der Waals surface area contributed by atoms with Crippen LogP contribution in [-0.4, -0.2) is 25.0 Å². The van der Waals surface area contributed by atoms with Crippen molar-refractivity contribution in [3.05, 3.63) is 51.5 Å². The number of anilines is 2.